The van der Waals surface area contributed by atoms with Crippen molar-refractivity contribution in [2.75, 3.05) is 25.9 Å². The maximum atomic E-state index is 12.5. The average Bonchev–Trinajstić information content (AvgIpc) is 2.54. The number of amidine groups is 1. The van der Waals surface area contributed by atoms with Crippen LogP contribution in [-0.2, 0) is 27.9 Å². The second-order valence-corrected chi connectivity index (χ2v) is 10.9. The van der Waals surface area contributed by atoms with E-state index in [1.807, 2.05) is 0 Å². The van der Waals surface area contributed by atoms with Crippen LogP contribution in [0, 0.1) is 0 Å². The van der Waals surface area contributed by atoms with Gasteiger partial charge in [0, 0.05) is 6.54 Å². The molecule has 0 heterocycles. The SMILES string of the molecule is CCOP(=O)(CC(N)=NCCC[C@H](NC(=O)OC(C)(C)C)C(=O)OC(C)(C)C)OCC. The summed E-state index contributed by atoms with van der Waals surface area (Å²) in [5.74, 6) is -0.424. The van der Waals surface area contributed by atoms with E-state index >= 15 is 0 Å². The summed E-state index contributed by atoms with van der Waals surface area (Å²) in [6.45, 7) is 14.6. The highest BCUT2D eigenvalue weighted by Crippen LogP contribution is 2.47. The smallest absolute Gasteiger partial charge is 0.408 e. The minimum Gasteiger partial charge on any atom is -0.458 e. The molecule has 0 aromatic heterocycles. The van der Waals surface area contributed by atoms with Gasteiger partial charge in [-0.05, 0) is 68.2 Å². The molecule has 182 valence electrons. The van der Waals surface area contributed by atoms with Crippen LogP contribution < -0.4 is 11.1 Å². The number of esters is 1. The van der Waals surface area contributed by atoms with Gasteiger partial charge in [-0.1, -0.05) is 0 Å². The second-order valence-electron chi connectivity index (χ2n) is 8.85. The Bertz CT molecular complexity index is 644. The lowest BCUT2D eigenvalue weighted by Crippen LogP contribution is -2.46. The number of amides is 1. The average molecular weight is 466 g/mol. The van der Waals surface area contributed by atoms with Crippen molar-refractivity contribution < 1.29 is 32.7 Å². The molecule has 0 aliphatic carbocycles. The quantitative estimate of drug-likeness (QED) is 0.146. The van der Waals surface area contributed by atoms with Gasteiger partial charge < -0.3 is 29.6 Å². The van der Waals surface area contributed by atoms with Crippen LogP contribution in [0.2, 0.25) is 0 Å². The molecule has 0 bridgehead atoms. The monoisotopic (exact) mass is 465 g/mol. The summed E-state index contributed by atoms with van der Waals surface area (Å²) < 4.78 is 33.5. The zero-order chi connectivity index (χ0) is 24.3. The Morgan fingerprint density at radius 3 is 1.97 bits per heavy atom. The summed E-state index contributed by atoms with van der Waals surface area (Å²) >= 11 is 0. The van der Waals surface area contributed by atoms with Gasteiger partial charge in [0.05, 0.1) is 13.2 Å². The number of carbonyl (C=O) groups is 2. The molecule has 0 aliphatic rings. The summed E-state index contributed by atoms with van der Waals surface area (Å²) in [7, 11) is -3.32. The van der Waals surface area contributed by atoms with Crippen LogP contribution in [0.4, 0.5) is 4.79 Å². The Hall–Kier alpha value is -1.64. The van der Waals surface area contributed by atoms with Crippen LogP contribution in [0.3, 0.4) is 0 Å². The minimum absolute atomic E-state index is 0.111. The van der Waals surface area contributed by atoms with E-state index in [0.717, 1.165) is 0 Å². The van der Waals surface area contributed by atoms with Crippen LogP contribution in [0.25, 0.3) is 0 Å². The van der Waals surface area contributed by atoms with E-state index in [9.17, 15) is 14.2 Å². The van der Waals surface area contributed by atoms with E-state index in [0.29, 0.717) is 6.42 Å². The second kappa shape index (κ2) is 13.0. The zero-order valence-corrected chi connectivity index (χ0v) is 21.0. The molecule has 1 amide bonds. The molecule has 0 aromatic carbocycles. The van der Waals surface area contributed by atoms with Gasteiger partial charge in [0.2, 0.25) is 0 Å². The number of alkyl carbamates (subject to hydrolysis) is 1. The molecule has 0 saturated heterocycles. The Morgan fingerprint density at radius 1 is 1.00 bits per heavy atom. The Balaban J connectivity index is 4.97. The molecule has 3 N–H and O–H groups in total. The van der Waals surface area contributed by atoms with Gasteiger partial charge in [-0.3, -0.25) is 9.56 Å². The van der Waals surface area contributed by atoms with Crippen LogP contribution >= 0.6 is 7.60 Å². The molecular formula is C20H40N3O7P. The van der Waals surface area contributed by atoms with E-state index in [1.165, 1.54) is 0 Å². The number of ether oxygens (including phenoxy) is 2. The molecule has 0 spiro atoms. The summed E-state index contributed by atoms with van der Waals surface area (Å²) in [5, 5.41) is 2.56. The fourth-order valence-corrected chi connectivity index (χ4v) is 3.90. The summed E-state index contributed by atoms with van der Waals surface area (Å²) in [4.78, 5) is 28.8. The molecule has 0 fully saturated rings. The molecule has 0 radical (unpaired) electrons. The van der Waals surface area contributed by atoms with Gasteiger partial charge in [0.1, 0.15) is 29.2 Å². The number of aliphatic imine (C=N–C) groups is 1. The lowest BCUT2D eigenvalue weighted by Gasteiger charge is -2.26. The fraction of sp³-hybridized carbons (Fsp3) is 0.850. The largest absolute Gasteiger partial charge is 0.458 e. The Labute approximate surface area is 186 Å². The number of rotatable bonds is 12. The highest BCUT2D eigenvalue weighted by Gasteiger charge is 2.28. The number of hydrogen-bond donors (Lipinski definition) is 2. The van der Waals surface area contributed by atoms with Crippen molar-refractivity contribution >= 4 is 25.5 Å². The normalized spacial score (nSPS) is 14.1. The van der Waals surface area contributed by atoms with Crippen molar-refractivity contribution in [2.45, 2.75) is 85.5 Å². The van der Waals surface area contributed by atoms with Crippen LogP contribution in [-0.4, -0.2) is 61.1 Å². The van der Waals surface area contributed by atoms with Crippen molar-refractivity contribution in [3.63, 3.8) is 0 Å². The van der Waals surface area contributed by atoms with Gasteiger partial charge in [-0.15, -0.1) is 0 Å². The number of nitrogens with zero attached hydrogens (tertiary/aromatic N) is 1. The Morgan fingerprint density at radius 2 is 1.52 bits per heavy atom. The van der Waals surface area contributed by atoms with Gasteiger partial charge >= 0.3 is 19.7 Å². The zero-order valence-electron chi connectivity index (χ0n) is 20.1. The first kappa shape index (κ1) is 29.4. The predicted molar refractivity (Wildman–Crippen MR) is 120 cm³/mol. The molecule has 0 unspecified atom stereocenters. The van der Waals surface area contributed by atoms with Crippen molar-refractivity contribution in [3.8, 4) is 0 Å². The standard InChI is InChI=1S/C20H40N3O7P/c1-9-27-31(26,28-10-2)14-16(21)22-13-11-12-15(17(24)29-19(3,4)5)23-18(25)30-20(6,7)8/h15H,9-14H2,1-8H3,(H2,21,22)(H,23,25)/t15-/m0/s1. The molecule has 0 rings (SSSR count). The van der Waals surface area contributed by atoms with Crippen LogP contribution in [0.15, 0.2) is 4.99 Å². The number of nitrogens with one attached hydrogen (secondary N) is 1. The van der Waals surface area contributed by atoms with Gasteiger partial charge in [-0.2, -0.15) is 0 Å². The highest BCUT2D eigenvalue weighted by molar-refractivity contribution is 7.54. The van der Waals surface area contributed by atoms with Gasteiger partial charge in [-0.25, -0.2) is 9.59 Å². The van der Waals surface area contributed by atoms with Crippen molar-refractivity contribution in [2.24, 2.45) is 10.7 Å². The van der Waals surface area contributed by atoms with Gasteiger partial charge in [0.25, 0.3) is 0 Å². The molecule has 11 heteroatoms. The third-order valence-corrected chi connectivity index (χ3v) is 5.37. The molecule has 0 aromatic rings. The molecule has 31 heavy (non-hydrogen) atoms. The maximum absolute atomic E-state index is 12.5. The van der Waals surface area contributed by atoms with Gasteiger partial charge in [0.15, 0.2) is 0 Å². The summed E-state index contributed by atoms with van der Waals surface area (Å²) in [6, 6.07) is -0.900. The molecule has 10 nitrogen and oxygen atoms in total. The van der Waals surface area contributed by atoms with Crippen LogP contribution in [0.5, 0.6) is 0 Å². The summed E-state index contributed by atoms with van der Waals surface area (Å²) in [5.41, 5.74) is 4.47. The molecule has 0 aliphatic heterocycles. The number of carbonyl (C=O) groups excluding carboxylic acids is 2. The first-order chi connectivity index (χ1) is 14.1. The topological polar surface area (TPSA) is 139 Å². The third kappa shape index (κ3) is 14.9. The lowest BCUT2D eigenvalue weighted by molar-refractivity contribution is -0.157. The summed E-state index contributed by atoms with van der Waals surface area (Å²) in [6.07, 6.45) is -0.130. The maximum Gasteiger partial charge on any atom is 0.408 e. The minimum atomic E-state index is -3.32. The first-order valence-electron chi connectivity index (χ1n) is 10.5. The van der Waals surface area contributed by atoms with Crippen molar-refractivity contribution in [1.29, 1.82) is 0 Å². The van der Waals surface area contributed by atoms with E-state index in [-0.39, 0.29) is 38.2 Å². The van der Waals surface area contributed by atoms with Crippen molar-refractivity contribution in [3.05, 3.63) is 0 Å². The molecule has 0 saturated carbocycles. The first-order valence-corrected chi connectivity index (χ1v) is 12.2. The van der Waals surface area contributed by atoms with Crippen molar-refractivity contribution in [1.82, 2.24) is 5.32 Å². The van der Waals surface area contributed by atoms with E-state index in [1.54, 1.807) is 55.4 Å². The van der Waals surface area contributed by atoms with E-state index in [4.69, 9.17) is 24.3 Å². The number of nitrogens with two attached hydrogens (primary N) is 1. The van der Waals surface area contributed by atoms with E-state index < -0.39 is 36.9 Å². The predicted octanol–water partition coefficient (Wildman–Crippen LogP) is 3.62. The Kier molecular flexibility index (Phi) is 12.3. The van der Waals surface area contributed by atoms with E-state index in [2.05, 4.69) is 10.3 Å². The number of hydrogen-bond acceptors (Lipinski definition) is 8. The fourth-order valence-electron chi connectivity index (χ4n) is 2.36. The molecular weight excluding hydrogens is 425 g/mol. The highest BCUT2D eigenvalue weighted by atomic mass is 31.2. The van der Waals surface area contributed by atoms with Crippen LogP contribution in [0.1, 0.15) is 68.2 Å². The lowest BCUT2D eigenvalue weighted by atomic mass is 10.1. The third-order valence-electron chi connectivity index (χ3n) is 3.36. The molecule has 1 atom stereocenters.